The first-order chi connectivity index (χ1) is 9.35. The maximum atomic E-state index is 14.0. The van der Waals surface area contributed by atoms with E-state index in [1.165, 1.54) is 6.07 Å². The number of ether oxygens (including phenoxy) is 1. The van der Waals surface area contributed by atoms with Crippen molar-refractivity contribution in [3.8, 4) is 11.5 Å². The minimum atomic E-state index is -0.373. The smallest absolute Gasteiger partial charge is 0.167 e. The molecule has 0 radical (unpaired) electrons. The fourth-order valence-electron chi connectivity index (χ4n) is 1.74. The van der Waals surface area contributed by atoms with Crippen LogP contribution in [0.4, 0.5) is 4.39 Å². The number of nitrogens with zero attached hydrogens (tertiary/aromatic N) is 2. The fraction of sp³-hybridized carbons (Fsp3) is 0.400. The number of benzene rings is 1. The molecule has 0 amide bonds. The number of aryl methyl sites for hydroxylation is 1. The van der Waals surface area contributed by atoms with Gasteiger partial charge in [0.25, 0.3) is 0 Å². The first-order valence-corrected chi connectivity index (χ1v) is 6.54. The molecule has 2 rings (SSSR count). The molecule has 20 heavy (non-hydrogen) atoms. The van der Waals surface area contributed by atoms with Gasteiger partial charge in [-0.25, -0.2) is 4.39 Å². The molecule has 0 aliphatic heterocycles. The van der Waals surface area contributed by atoms with Gasteiger partial charge >= 0.3 is 0 Å². The van der Waals surface area contributed by atoms with Gasteiger partial charge in [0.1, 0.15) is 0 Å². The van der Waals surface area contributed by atoms with Crippen molar-refractivity contribution in [1.82, 2.24) is 15.1 Å². The predicted octanol–water partition coefficient (Wildman–Crippen LogP) is 3.24. The van der Waals surface area contributed by atoms with E-state index in [4.69, 9.17) is 4.74 Å². The van der Waals surface area contributed by atoms with E-state index in [9.17, 15) is 4.39 Å². The van der Waals surface area contributed by atoms with Gasteiger partial charge < -0.3 is 10.1 Å². The lowest BCUT2D eigenvalue weighted by atomic mass is 10.1. The van der Waals surface area contributed by atoms with Crippen LogP contribution in [0.2, 0.25) is 0 Å². The first kappa shape index (κ1) is 14.5. The number of hydrogen-bond acceptors (Lipinski definition) is 3. The Bertz CT molecular complexity index is 587. The molecular formula is C15H20FN3O. The van der Waals surface area contributed by atoms with Crippen molar-refractivity contribution in [3.63, 3.8) is 0 Å². The SMILES string of the molecule is Cn1cc(Oc2c(F)cccc2CNC(C)(C)C)cn1. The first-order valence-electron chi connectivity index (χ1n) is 6.54. The topological polar surface area (TPSA) is 39.1 Å². The molecular weight excluding hydrogens is 257 g/mol. The van der Waals surface area contributed by atoms with E-state index in [1.54, 1.807) is 30.2 Å². The Labute approximate surface area is 118 Å². The zero-order valence-corrected chi connectivity index (χ0v) is 12.3. The molecule has 0 bridgehead atoms. The summed E-state index contributed by atoms with van der Waals surface area (Å²) in [6.07, 6.45) is 3.26. The van der Waals surface area contributed by atoms with Crippen LogP contribution in [-0.4, -0.2) is 15.3 Å². The Morgan fingerprint density at radius 3 is 2.70 bits per heavy atom. The molecule has 0 spiro atoms. The van der Waals surface area contributed by atoms with Crippen molar-refractivity contribution in [1.29, 1.82) is 0 Å². The van der Waals surface area contributed by atoms with Crippen LogP contribution in [0.25, 0.3) is 0 Å². The summed E-state index contributed by atoms with van der Waals surface area (Å²) in [6.45, 7) is 6.73. The Balaban J connectivity index is 2.22. The van der Waals surface area contributed by atoms with Gasteiger partial charge in [-0.2, -0.15) is 5.10 Å². The van der Waals surface area contributed by atoms with Crippen molar-refractivity contribution >= 4 is 0 Å². The van der Waals surface area contributed by atoms with Gasteiger partial charge in [-0.3, -0.25) is 4.68 Å². The van der Waals surface area contributed by atoms with Crippen LogP contribution in [0, 0.1) is 5.82 Å². The lowest BCUT2D eigenvalue weighted by molar-refractivity contribution is 0.403. The van der Waals surface area contributed by atoms with Gasteiger partial charge in [0.05, 0.1) is 12.4 Å². The Hall–Kier alpha value is -1.88. The monoisotopic (exact) mass is 277 g/mol. The molecule has 2 aromatic rings. The van der Waals surface area contributed by atoms with Crippen molar-refractivity contribution in [3.05, 3.63) is 42.0 Å². The van der Waals surface area contributed by atoms with Gasteiger partial charge in [0.2, 0.25) is 0 Å². The fourth-order valence-corrected chi connectivity index (χ4v) is 1.74. The second-order valence-electron chi connectivity index (χ2n) is 5.78. The third-order valence-electron chi connectivity index (χ3n) is 2.76. The summed E-state index contributed by atoms with van der Waals surface area (Å²) in [5.41, 5.74) is 0.738. The average molecular weight is 277 g/mol. The summed E-state index contributed by atoms with van der Waals surface area (Å²) in [5, 5.41) is 7.34. The van der Waals surface area contributed by atoms with E-state index in [0.717, 1.165) is 5.56 Å². The van der Waals surface area contributed by atoms with Crippen molar-refractivity contribution in [2.24, 2.45) is 7.05 Å². The zero-order chi connectivity index (χ0) is 14.8. The molecule has 1 aromatic carbocycles. The van der Waals surface area contributed by atoms with Crippen LogP contribution in [-0.2, 0) is 13.6 Å². The maximum Gasteiger partial charge on any atom is 0.167 e. The third-order valence-corrected chi connectivity index (χ3v) is 2.76. The molecule has 0 saturated carbocycles. The van der Waals surface area contributed by atoms with E-state index >= 15 is 0 Å². The number of hydrogen-bond donors (Lipinski definition) is 1. The van der Waals surface area contributed by atoms with Gasteiger partial charge in [-0.15, -0.1) is 0 Å². The Kier molecular flexibility index (Phi) is 4.09. The van der Waals surface area contributed by atoms with E-state index in [1.807, 2.05) is 6.07 Å². The number of para-hydroxylation sites is 1. The second kappa shape index (κ2) is 5.63. The quantitative estimate of drug-likeness (QED) is 0.932. The molecule has 4 nitrogen and oxygen atoms in total. The average Bonchev–Trinajstić information content (AvgIpc) is 2.75. The van der Waals surface area contributed by atoms with E-state index in [0.29, 0.717) is 12.3 Å². The summed E-state index contributed by atoms with van der Waals surface area (Å²) < 4.78 is 21.2. The van der Waals surface area contributed by atoms with Gasteiger partial charge in [-0.05, 0) is 26.8 Å². The molecule has 1 heterocycles. The lowest BCUT2D eigenvalue weighted by Gasteiger charge is -2.21. The highest BCUT2D eigenvalue weighted by Crippen LogP contribution is 2.28. The largest absolute Gasteiger partial charge is 0.451 e. The highest BCUT2D eigenvalue weighted by molar-refractivity contribution is 5.38. The van der Waals surface area contributed by atoms with Gasteiger partial charge in [0.15, 0.2) is 17.3 Å². The van der Waals surface area contributed by atoms with Gasteiger partial charge in [-0.1, -0.05) is 12.1 Å². The summed E-state index contributed by atoms with van der Waals surface area (Å²) in [7, 11) is 1.79. The second-order valence-corrected chi connectivity index (χ2v) is 5.78. The highest BCUT2D eigenvalue weighted by atomic mass is 19.1. The highest BCUT2D eigenvalue weighted by Gasteiger charge is 2.15. The number of aromatic nitrogens is 2. The standard InChI is InChI=1S/C15H20FN3O/c1-15(2,3)17-8-11-6-5-7-13(16)14(11)20-12-9-18-19(4)10-12/h5-7,9-10,17H,8H2,1-4H3. The molecule has 0 atom stereocenters. The normalized spacial score (nSPS) is 11.7. The van der Waals surface area contributed by atoms with E-state index < -0.39 is 0 Å². The van der Waals surface area contributed by atoms with Crippen LogP contribution in [0.3, 0.4) is 0 Å². The van der Waals surface area contributed by atoms with Crippen LogP contribution in [0.15, 0.2) is 30.6 Å². The van der Waals surface area contributed by atoms with Crippen molar-refractivity contribution in [2.45, 2.75) is 32.9 Å². The van der Waals surface area contributed by atoms with Crippen LogP contribution < -0.4 is 10.1 Å². The molecule has 0 fully saturated rings. The van der Waals surface area contributed by atoms with Crippen LogP contribution >= 0.6 is 0 Å². The summed E-state index contributed by atoms with van der Waals surface area (Å²) >= 11 is 0. The summed E-state index contributed by atoms with van der Waals surface area (Å²) in [5.74, 6) is 0.397. The Morgan fingerprint density at radius 1 is 1.35 bits per heavy atom. The third kappa shape index (κ3) is 3.81. The molecule has 0 aliphatic rings. The van der Waals surface area contributed by atoms with Crippen LogP contribution in [0.1, 0.15) is 26.3 Å². The molecule has 1 aromatic heterocycles. The van der Waals surface area contributed by atoms with E-state index in [2.05, 4.69) is 31.2 Å². The summed E-state index contributed by atoms with van der Waals surface area (Å²) in [4.78, 5) is 0. The van der Waals surface area contributed by atoms with Gasteiger partial charge in [0, 0.05) is 24.7 Å². The molecule has 0 aliphatic carbocycles. The minimum absolute atomic E-state index is 0.0438. The lowest BCUT2D eigenvalue weighted by Crippen LogP contribution is -2.35. The number of halogens is 1. The molecule has 108 valence electrons. The maximum absolute atomic E-state index is 14.0. The van der Waals surface area contributed by atoms with Crippen molar-refractivity contribution < 1.29 is 9.13 Å². The number of nitrogens with one attached hydrogen (secondary N) is 1. The number of rotatable bonds is 4. The van der Waals surface area contributed by atoms with Crippen molar-refractivity contribution in [2.75, 3.05) is 0 Å². The minimum Gasteiger partial charge on any atom is -0.451 e. The van der Waals surface area contributed by atoms with Crippen LogP contribution in [0.5, 0.6) is 11.5 Å². The predicted molar refractivity (Wildman–Crippen MR) is 76.3 cm³/mol. The molecule has 1 N–H and O–H groups in total. The molecule has 0 saturated heterocycles. The zero-order valence-electron chi connectivity index (χ0n) is 12.3. The summed E-state index contributed by atoms with van der Waals surface area (Å²) in [6, 6.07) is 4.94. The molecule has 5 heteroatoms. The Morgan fingerprint density at radius 2 is 2.10 bits per heavy atom. The molecule has 0 unspecified atom stereocenters. The van der Waals surface area contributed by atoms with E-state index in [-0.39, 0.29) is 17.1 Å².